The Morgan fingerprint density at radius 1 is 1.38 bits per heavy atom. The first-order valence-corrected chi connectivity index (χ1v) is 4.29. The number of carbonyl (C=O) groups is 1. The Kier molecular flexibility index (Phi) is 3.65. The van der Waals surface area contributed by atoms with Crippen molar-refractivity contribution in [1.29, 1.82) is 0 Å². The first-order valence-electron chi connectivity index (χ1n) is 3.75. The maximum Gasteiger partial charge on any atom is 0.205 e. The minimum absolute atomic E-state index is 0.324. The van der Waals surface area contributed by atoms with E-state index in [-0.39, 0.29) is 5.88 Å². The number of hydrogen-bond donors (Lipinski definition) is 0. The molecule has 1 rings (SSSR count). The molecule has 0 unspecified atom stereocenters. The summed E-state index contributed by atoms with van der Waals surface area (Å²) in [7, 11) is 0. The van der Waals surface area contributed by atoms with E-state index < -0.39 is 11.6 Å². The number of halogens is 2. The van der Waals surface area contributed by atoms with Crippen LogP contribution < -0.4 is 0 Å². The van der Waals surface area contributed by atoms with Gasteiger partial charge in [-0.3, -0.25) is 4.79 Å². The van der Waals surface area contributed by atoms with Crippen molar-refractivity contribution in [3.63, 3.8) is 0 Å². The standard InChI is InChI=1S/C10H8ClFO/c11-7-10(13)9(12)6-8-4-2-1-3-5-8/h1-6H,7H2/b9-6+. The van der Waals surface area contributed by atoms with Gasteiger partial charge in [0.15, 0.2) is 5.83 Å². The van der Waals surface area contributed by atoms with Gasteiger partial charge in [0.1, 0.15) is 0 Å². The molecule has 0 radical (unpaired) electrons. The lowest BCUT2D eigenvalue weighted by Crippen LogP contribution is -1.98. The van der Waals surface area contributed by atoms with E-state index in [1.807, 2.05) is 6.07 Å². The monoisotopic (exact) mass is 198 g/mol. The average molecular weight is 199 g/mol. The molecule has 0 aliphatic heterocycles. The summed E-state index contributed by atoms with van der Waals surface area (Å²) in [5.74, 6) is -1.82. The largest absolute Gasteiger partial charge is 0.290 e. The molecule has 1 aromatic carbocycles. The van der Waals surface area contributed by atoms with Gasteiger partial charge >= 0.3 is 0 Å². The fourth-order valence-corrected chi connectivity index (χ4v) is 0.968. The number of alkyl halides is 1. The van der Waals surface area contributed by atoms with Gasteiger partial charge in [-0.1, -0.05) is 30.3 Å². The van der Waals surface area contributed by atoms with E-state index in [1.54, 1.807) is 24.3 Å². The van der Waals surface area contributed by atoms with Crippen LogP contribution in [-0.2, 0) is 4.79 Å². The van der Waals surface area contributed by atoms with Crippen LogP contribution in [0.3, 0.4) is 0 Å². The summed E-state index contributed by atoms with van der Waals surface area (Å²) in [6, 6.07) is 8.77. The Morgan fingerprint density at radius 3 is 2.54 bits per heavy atom. The Morgan fingerprint density at radius 2 is 2.00 bits per heavy atom. The van der Waals surface area contributed by atoms with Crippen LogP contribution in [0.1, 0.15) is 5.56 Å². The number of allylic oxidation sites excluding steroid dienone is 1. The molecule has 0 heterocycles. The molecule has 0 bridgehead atoms. The molecule has 0 amide bonds. The van der Waals surface area contributed by atoms with Crippen LogP contribution in [0.15, 0.2) is 36.2 Å². The zero-order chi connectivity index (χ0) is 9.68. The molecule has 0 spiro atoms. The third kappa shape index (κ3) is 2.99. The van der Waals surface area contributed by atoms with Crippen LogP contribution in [0.25, 0.3) is 6.08 Å². The van der Waals surface area contributed by atoms with Gasteiger partial charge in [0.05, 0.1) is 5.88 Å². The average Bonchev–Trinajstić information content (AvgIpc) is 2.18. The van der Waals surface area contributed by atoms with Crippen LogP contribution in [0.4, 0.5) is 4.39 Å². The SMILES string of the molecule is O=C(CCl)/C(F)=C\c1ccccc1. The molecule has 1 aromatic rings. The van der Waals surface area contributed by atoms with E-state index in [9.17, 15) is 9.18 Å². The van der Waals surface area contributed by atoms with Gasteiger partial charge in [0.2, 0.25) is 5.78 Å². The fourth-order valence-electron chi connectivity index (χ4n) is 0.840. The van der Waals surface area contributed by atoms with Crippen molar-refractivity contribution >= 4 is 23.5 Å². The number of benzene rings is 1. The Bertz CT molecular complexity index is 319. The smallest absolute Gasteiger partial charge is 0.205 e. The Balaban J connectivity index is 2.83. The lowest BCUT2D eigenvalue weighted by molar-refractivity contribution is -0.114. The number of ketones is 1. The highest BCUT2D eigenvalue weighted by Gasteiger charge is 2.05. The first kappa shape index (κ1) is 9.93. The molecule has 68 valence electrons. The molecule has 0 atom stereocenters. The van der Waals surface area contributed by atoms with Crippen LogP contribution in [-0.4, -0.2) is 11.7 Å². The summed E-state index contributed by atoms with van der Waals surface area (Å²) in [5.41, 5.74) is 0.651. The lowest BCUT2D eigenvalue weighted by Gasteiger charge is -1.93. The van der Waals surface area contributed by atoms with Gasteiger partial charge in [-0.15, -0.1) is 11.6 Å². The van der Waals surface area contributed by atoms with Gasteiger partial charge in [-0.25, -0.2) is 4.39 Å². The molecule has 0 saturated carbocycles. The highest BCUT2D eigenvalue weighted by molar-refractivity contribution is 6.30. The molecule has 0 aliphatic carbocycles. The van der Waals surface area contributed by atoms with Crippen LogP contribution in [0.5, 0.6) is 0 Å². The second-order valence-corrected chi connectivity index (χ2v) is 2.73. The van der Waals surface area contributed by atoms with Crippen molar-refractivity contribution in [1.82, 2.24) is 0 Å². The van der Waals surface area contributed by atoms with Crippen molar-refractivity contribution in [3.05, 3.63) is 41.7 Å². The van der Waals surface area contributed by atoms with Crippen molar-refractivity contribution in [2.75, 3.05) is 5.88 Å². The highest BCUT2D eigenvalue weighted by atomic mass is 35.5. The molecule has 3 heteroatoms. The molecular weight excluding hydrogens is 191 g/mol. The zero-order valence-corrected chi connectivity index (χ0v) is 7.59. The molecule has 13 heavy (non-hydrogen) atoms. The van der Waals surface area contributed by atoms with Crippen LogP contribution in [0.2, 0.25) is 0 Å². The maximum absolute atomic E-state index is 12.9. The van der Waals surface area contributed by atoms with Gasteiger partial charge in [0, 0.05) is 0 Å². The van der Waals surface area contributed by atoms with E-state index in [2.05, 4.69) is 0 Å². The second-order valence-electron chi connectivity index (χ2n) is 2.46. The fraction of sp³-hybridized carbons (Fsp3) is 0.100. The molecule has 0 aromatic heterocycles. The summed E-state index contributed by atoms with van der Waals surface area (Å²) in [6.07, 6.45) is 1.17. The van der Waals surface area contributed by atoms with E-state index in [0.29, 0.717) is 5.56 Å². The minimum Gasteiger partial charge on any atom is -0.290 e. The molecule has 0 aliphatic rings. The molecule has 0 saturated heterocycles. The predicted molar refractivity (Wildman–Crippen MR) is 51.3 cm³/mol. The normalized spacial score (nSPS) is 11.4. The predicted octanol–water partition coefficient (Wildman–Crippen LogP) is 2.80. The first-order chi connectivity index (χ1) is 6.24. The molecular formula is C10H8ClFO. The second kappa shape index (κ2) is 4.77. The van der Waals surface area contributed by atoms with Gasteiger partial charge < -0.3 is 0 Å². The quantitative estimate of drug-likeness (QED) is 0.539. The van der Waals surface area contributed by atoms with Crippen molar-refractivity contribution in [2.24, 2.45) is 0 Å². The Hall–Kier alpha value is -1.15. The number of rotatable bonds is 3. The number of Topliss-reactive ketones (excluding diaryl/α,β-unsaturated/α-hetero) is 1. The topological polar surface area (TPSA) is 17.1 Å². The van der Waals surface area contributed by atoms with Gasteiger partial charge in [-0.2, -0.15) is 0 Å². The zero-order valence-electron chi connectivity index (χ0n) is 6.84. The van der Waals surface area contributed by atoms with Crippen molar-refractivity contribution < 1.29 is 9.18 Å². The third-order valence-corrected chi connectivity index (χ3v) is 1.72. The van der Waals surface area contributed by atoms with Crippen LogP contribution in [0, 0.1) is 0 Å². The lowest BCUT2D eigenvalue weighted by atomic mass is 10.2. The van der Waals surface area contributed by atoms with E-state index >= 15 is 0 Å². The minimum atomic E-state index is -0.804. The molecule has 1 nitrogen and oxygen atoms in total. The number of carbonyl (C=O) groups excluding carboxylic acids is 1. The Labute approximate surface area is 80.8 Å². The third-order valence-electron chi connectivity index (χ3n) is 1.48. The van der Waals surface area contributed by atoms with E-state index in [1.165, 1.54) is 6.08 Å². The summed E-state index contributed by atoms with van der Waals surface area (Å²) in [5, 5.41) is 0. The van der Waals surface area contributed by atoms with Gasteiger partial charge in [-0.05, 0) is 11.6 Å². The molecule has 0 fully saturated rings. The highest BCUT2D eigenvalue weighted by Crippen LogP contribution is 2.08. The van der Waals surface area contributed by atoms with E-state index in [0.717, 1.165) is 0 Å². The summed E-state index contributed by atoms with van der Waals surface area (Å²) >= 11 is 5.18. The molecule has 0 N–H and O–H groups in total. The summed E-state index contributed by atoms with van der Waals surface area (Å²) < 4.78 is 12.9. The summed E-state index contributed by atoms with van der Waals surface area (Å²) in [6.45, 7) is 0. The van der Waals surface area contributed by atoms with Crippen molar-refractivity contribution in [2.45, 2.75) is 0 Å². The van der Waals surface area contributed by atoms with E-state index in [4.69, 9.17) is 11.6 Å². The van der Waals surface area contributed by atoms with Crippen molar-refractivity contribution in [3.8, 4) is 0 Å². The maximum atomic E-state index is 12.9. The summed E-state index contributed by atoms with van der Waals surface area (Å²) in [4.78, 5) is 10.7. The van der Waals surface area contributed by atoms with Crippen LogP contribution >= 0.6 is 11.6 Å². The van der Waals surface area contributed by atoms with Gasteiger partial charge in [0.25, 0.3) is 0 Å². The number of hydrogen-bond acceptors (Lipinski definition) is 1.